The Morgan fingerprint density at radius 1 is 0.871 bits per heavy atom. The number of carbonyl (C=O) groups excluding carboxylic acids is 2. The summed E-state index contributed by atoms with van der Waals surface area (Å²) < 4.78 is 16.1. The van der Waals surface area contributed by atoms with Crippen LogP contribution < -0.4 is 4.74 Å². The highest BCUT2D eigenvalue weighted by atomic mass is 16.5. The van der Waals surface area contributed by atoms with Gasteiger partial charge >= 0.3 is 5.97 Å². The number of ether oxygens (including phenoxy) is 2. The summed E-state index contributed by atoms with van der Waals surface area (Å²) in [4.78, 5) is 24.2. The van der Waals surface area contributed by atoms with Crippen molar-refractivity contribution in [3.8, 4) is 17.2 Å². The number of aromatic hydroxyl groups is 2. The number of phenolic OH excluding ortho intramolecular Hbond substituents is 2. The van der Waals surface area contributed by atoms with Crippen molar-refractivity contribution in [3.63, 3.8) is 0 Å². The first kappa shape index (κ1) is 20.0. The number of hydrogen-bond acceptors (Lipinski definition) is 7. The topological polar surface area (TPSA) is 106 Å². The van der Waals surface area contributed by atoms with E-state index in [1.54, 1.807) is 6.07 Å². The summed E-state index contributed by atoms with van der Waals surface area (Å²) in [5.74, 6) is -0.992. The fourth-order valence-electron chi connectivity index (χ4n) is 3.01. The Morgan fingerprint density at radius 2 is 1.68 bits per heavy atom. The Bertz CT molecular complexity index is 1260. The number of carbonyl (C=O) groups is 2. The first-order valence-electron chi connectivity index (χ1n) is 9.42. The van der Waals surface area contributed by atoms with E-state index in [0.717, 1.165) is 16.8 Å². The Hall–Kier alpha value is -4.26. The average molecular weight is 418 g/mol. The van der Waals surface area contributed by atoms with Gasteiger partial charge in [0.25, 0.3) is 0 Å². The molecule has 0 saturated carbocycles. The van der Waals surface area contributed by atoms with Crippen LogP contribution in [0.1, 0.15) is 26.7 Å². The number of furan rings is 1. The molecule has 2 N–H and O–H groups in total. The van der Waals surface area contributed by atoms with Gasteiger partial charge in [-0.3, -0.25) is 4.79 Å². The van der Waals surface area contributed by atoms with Crippen LogP contribution in [-0.4, -0.2) is 28.6 Å². The zero-order chi connectivity index (χ0) is 21.8. The summed E-state index contributed by atoms with van der Waals surface area (Å²) in [7, 11) is 0. The van der Waals surface area contributed by atoms with Crippen molar-refractivity contribution in [1.82, 2.24) is 0 Å². The number of ketones is 1. The lowest BCUT2D eigenvalue weighted by atomic mass is 10.1. The molecule has 0 aliphatic heterocycles. The summed E-state index contributed by atoms with van der Waals surface area (Å²) in [6, 6.07) is 20.2. The second-order valence-electron chi connectivity index (χ2n) is 6.76. The van der Waals surface area contributed by atoms with E-state index in [-0.39, 0.29) is 23.7 Å². The standard InChI is InChI=1S/C24H18O7/c25-17-6-9-20(21(26)12-17)22(27)14-30-24(28)23-10-8-19(31-23)13-29-18-7-5-15-3-1-2-4-16(15)11-18/h1-12,25-26H,13-14H2. The largest absolute Gasteiger partial charge is 0.508 e. The molecule has 31 heavy (non-hydrogen) atoms. The molecule has 4 aromatic rings. The predicted molar refractivity (Wildman–Crippen MR) is 111 cm³/mol. The Labute approximate surface area is 177 Å². The normalized spacial score (nSPS) is 10.7. The minimum absolute atomic E-state index is 0.0606. The third kappa shape index (κ3) is 4.67. The predicted octanol–water partition coefficient (Wildman–Crippen LogP) is 4.46. The molecule has 0 fully saturated rings. The number of phenols is 2. The molecule has 7 heteroatoms. The number of benzene rings is 3. The molecule has 4 rings (SSSR count). The maximum atomic E-state index is 12.1. The highest BCUT2D eigenvalue weighted by Gasteiger charge is 2.18. The van der Waals surface area contributed by atoms with Crippen molar-refractivity contribution in [3.05, 3.63) is 89.9 Å². The summed E-state index contributed by atoms with van der Waals surface area (Å²) in [6.45, 7) is -0.466. The maximum absolute atomic E-state index is 12.1. The van der Waals surface area contributed by atoms with E-state index < -0.39 is 24.1 Å². The van der Waals surface area contributed by atoms with Gasteiger partial charge in [0.15, 0.2) is 6.61 Å². The monoisotopic (exact) mass is 418 g/mol. The molecule has 7 nitrogen and oxygen atoms in total. The maximum Gasteiger partial charge on any atom is 0.374 e. The molecule has 0 amide bonds. The summed E-state index contributed by atoms with van der Waals surface area (Å²) in [6.07, 6.45) is 0. The van der Waals surface area contributed by atoms with Crippen molar-refractivity contribution in [2.24, 2.45) is 0 Å². The van der Waals surface area contributed by atoms with E-state index >= 15 is 0 Å². The van der Waals surface area contributed by atoms with E-state index in [1.807, 2.05) is 42.5 Å². The Morgan fingerprint density at radius 3 is 2.48 bits per heavy atom. The number of Topliss-reactive ketones (excluding diaryl/α,β-unsaturated/α-hetero) is 1. The Kier molecular flexibility index (Phi) is 5.57. The zero-order valence-corrected chi connectivity index (χ0v) is 16.3. The second kappa shape index (κ2) is 8.62. The van der Waals surface area contributed by atoms with E-state index in [4.69, 9.17) is 13.9 Å². The lowest BCUT2D eigenvalue weighted by Crippen LogP contribution is -2.14. The van der Waals surface area contributed by atoms with Gasteiger partial charge < -0.3 is 24.1 Å². The molecule has 3 aromatic carbocycles. The van der Waals surface area contributed by atoms with Crippen LogP contribution in [0.2, 0.25) is 0 Å². The van der Waals surface area contributed by atoms with Crippen molar-refractivity contribution in [2.75, 3.05) is 6.61 Å². The lowest BCUT2D eigenvalue weighted by Gasteiger charge is -2.06. The summed E-state index contributed by atoms with van der Waals surface area (Å²) in [5.41, 5.74) is -0.0606. The van der Waals surface area contributed by atoms with Crippen LogP contribution in [0, 0.1) is 0 Å². The quantitative estimate of drug-likeness (QED) is 0.337. The lowest BCUT2D eigenvalue weighted by molar-refractivity contribution is 0.0440. The number of fused-ring (bicyclic) bond motifs is 1. The number of esters is 1. The van der Waals surface area contributed by atoms with Crippen LogP contribution in [0.4, 0.5) is 0 Å². The fourth-order valence-corrected chi connectivity index (χ4v) is 3.01. The van der Waals surface area contributed by atoms with Gasteiger partial charge in [0.2, 0.25) is 11.5 Å². The van der Waals surface area contributed by atoms with Crippen LogP contribution in [0.3, 0.4) is 0 Å². The van der Waals surface area contributed by atoms with Gasteiger partial charge in [0.05, 0.1) is 5.56 Å². The molecule has 0 saturated heterocycles. The number of hydrogen-bond donors (Lipinski definition) is 2. The first-order chi connectivity index (χ1) is 15.0. The SMILES string of the molecule is O=C(OCC(=O)c1ccc(O)cc1O)c1ccc(COc2ccc3ccccc3c2)o1. The second-order valence-corrected chi connectivity index (χ2v) is 6.76. The van der Waals surface area contributed by atoms with E-state index in [9.17, 15) is 19.8 Å². The molecule has 0 bridgehead atoms. The first-order valence-corrected chi connectivity index (χ1v) is 9.42. The highest BCUT2D eigenvalue weighted by Crippen LogP contribution is 2.24. The van der Waals surface area contributed by atoms with E-state index in [0.29, 0.717) is 11.5 Å². The van der Waals surface area contributed by atoms with Crippen molar-refractivity contribution in [2.45, 2.75) is 6.61 Å². The summed E-state index contributed by atoms with van der Waals surface area (Å²) >= 11 is 0. The molecule has 156 valence electrons. The Balaban J connectivity index is 1.33. The van der Waals surface area contributed by atoms with Gasteiger partial charge in [-0.15, -0.1) is 0 Å². The van der Waals surface area contributed by atoms with Gasteiger partial charge in [-0.05, 0) is 47.2 Å². The van der Waals surface area contributed by atoms with Gasteiger partial charge in [-0.25, -0.2) is 4.79 Å². The molecule has 0 unspecified atom stereocenters. The van der Waals surface area contributed by atoms with Crippen molar-refractivity contribution in [1.29, 1.82) is 0 Å². The van der Waals surface area contributed by atoms with E-state index in [1.165, 1.54) is 18.2 Å². The third-order valence-corrected chi connectivity index (χ3v) is 4.58. The van der Waals surface area contributed by atoms with Crippen LogP contribution >= 0.6 is 0 Å². The molecular weight excluding hydrogens is 400 g/mol. The van der Waals surface area contributed by atoms with E-state index in [2.05, 4.69) is 0 Å². The van der Waals surface area contributed by atoms with Gasteiger partial charge in [-0.1, -0.05) is 30.3 Å². The molecule has 0 atom stereocenters. The van der Waals surface area contributed by atoms with Gasteiger partial charge in [-0.2, -0.15) is 0 Å². The van der Waals surface area contributed by atoms with Crippen LogP contribution in [0.25, 0.3) is 10.8 Å². The molecule has 1 aromatic heterocycles. The van der Waals surface area contributed by atoms with Gasteiger partial charge in [0, 0.05) is 6.07 Å². The fraction of sp³-hybridized carbons (Fsp3) is 0.0833. The third-order valence-electron chi connectivity index (χ3n) is 4.58. The highest BCUT2D eigenvalue weighted by molar-refractivity contribution is 6.01. The van der Waals surface area contributed by atoms with Crippen LogP contribution in [0.5, 0.6) is 17.2 Å². The smallest absolute Gasteiger partial charge is 0.374 e. The average Bonchev–Trinajstić information content (AvgIpc) is 3.25. The number of rotatable bonds is 7. The van der Waals surface area contributed by atoms with Crippen LogP contribution in [-0.2, 0) is 11.3 Å². The molecular formula is C24H18O7. The molecule has 0 aliphatic rings. The van der Waals surface area contributed by atoms with Crippen molar-refractivity contribution < 1.29 is 33.7 Å². The zero-order valence-electron chi connectivity index (χ0n) is 16.3. The molecule has 0 spiro atoms. The van der Waals surface area contributed by atoms with Crippen LogP contribution in [0.15, 0.2) is 77.2 Å². The summed E-state index contributed by atoms with van der Waals surface area (Å²) in [5, 5.41) is 21.1. The molecule has 0 radical (unpaired) electrons. The molecule has 1 heterocycles. The van der Waals surface area contributed by atoms with Gasteiger partial charge in [0.1, 0.15) is 29.6 Å². The minimum Gasteiger partial charge on any atom is -0.508 e. The van der Waals surface area contributed by atoms with Crippen molar-refractivity contribution >= 4 is 22.5 Å². The minimum atomic E-state index is -0.816. The molecule has 0 aliphatic carbocycles.